The van der Waals surface area contributed by atoms with Crippen LogP contribution in [0.15, 0.2) is 48.5 Å². The maximum atomic E-state index is 13.1. The second kappa shape index (κ2) is 7.76. The minimum absolute atomic E-state index is 0.00750. The van der Waals surface area contributed by atoms with E-state index in [-0.39, 0.29) is 31.0 Å². The molecule has 3 unspecified atom stereocenters. The molecule has 2 fully saturated rings. The van der Waals surface area contributed by atoms with Crippen LogP contribution in [-0.2, 0) is 14.3 Å². The van der Waals surface area contributed by atoms with Crippen molar-refractivity contribution in [2.75, 3.05) is 26.4 Å². The molecule has 2 heterocycles. The van der Waals surface area contributed by atoms with Crippen LogP contribution in [0.4, 0.5) is 4.79 Å². The van der Waals surface area contributed by atoms with Crippen LogP contribution < -0.4 is 0 Å². The molecule has 0 spiro atoms. The van der Waals surface area contributed by atoms with Crippen LogP contribution in [0.25, 0.3) is 11.1 Å². The minimum Gasteiger partial charge on any atom is -0.481 e. The van der Waals surface area contributed by atoms with E-state index in [2.05, 4.69) is 24.3 Å². The Bertz CT molecular complexity index is 928. The lowest BCUT2D eigenvalue weighted by Crippen LogP contribution is -2.56. The number of carbonyl (C=O) groups is 2. The Labute approximate surface area is 175 Å². The van der Waals surface area contributed by atoms with Crippen LogP contribution in [0.2, 0.25) is 0 Å². The number of nitrogens with zero attached hydrogens (tertiary/aromatic N) is 1. The molecule has 3 atom stereocenters. The molecular weight excluding hydrogens is 382 g/mol. The number of fused-ring (bicyclic) bond motifs is 4. The summed E-state index contributed by atoms with van der Waals surface area (Å²) in [5.41, 5.74) is 4.69. The predicted molar refractivity (Wildman–Crippen MR) is 110 cm³/mol. The lowest BCUT2D eigenvalue weighted by molar-refractivity contribution is -0.147. The standard InChI is InChI=1S/C24H25NO5/c26-23(27)15-11-16-13-29-10-9-22(16)25(12-15)24(28)30-14-21-19-7-3-1-5-17(19)18-6-2-4-8-20(18)21/h1-8,15-16,21-22H,9-14H2,(H,26,27). The van der Waals surface area contributed by atoms with E-state index < -0.39 is 18.0 Å². The van der Waals surface area contributed by atoms with E-state index >= 15 is 0 Å². The number of piperidine rings is 1. The first-order valence-electron chi connectivity index (χ1n) is 10.6. The van der Waals surface area contributed by atoms with Crippen molar-refractivity contribution in [3.8, 4) is 11.1 Å². The van der Waals surface area contributed by atoms with Gasteiger partial charge in [0.05, 0.1) is 12.5 Å². The number of hydrogen-bond acceptors (Lipinski definition) is 4. The monoisotopic (exact) mass is 407 g/mol. The van der Waals surface area contributed by atoms with Gasteiger partial charge in [0, 0.05) is 31.0 Å². The van der Waals surface area contributed by atoms with Crippen LogP contribution >= 0.6 is 0 Å². The van der Waals surface area contributed by atoms with E-state index in [1.54, 1.807) is 4.90 Å². The van der Waals surface area contributed by atoms with Gasteiger partial charge in [-0.15, -0.1) is 0 Å². The third kappa shape index (κ3) is 3.25. The Kier molecular flexibility index (Phi) is 4.95. The molecule has 2 aromatic rings. The summed E-state index contributed by atoms with van der Waals surface area (Å²) < 4.78 is 11.4. The van der Waals surface area contributed by atoms with Crippen molar-refractivity contribution in [1.82, 2.24) is 4.90 Å². The van der Waals surface area contributed by atoms with Gasteiger partial charge in [0.1, 0.15) is 6.61 Å². The molecule has 1 aliphatic carbocycles. The molecule has 156 valence electrons. The quantitative estimate of drug-likeness (QED) is 0.839. The predicted octanol–water partition coefficient (Wildman–Crippen LogP) is 3.75. The third-order valence-corrected chi connectivity index (χ3v) is 6.76. The zero-order valence-electron chi connectivity index (χ0n) is 16.7. The Morgan fingerprint density at radius 2 is 1.73 bits per heavy atom. The number of rotatable bonds is 3. The largest absolute Gasteiger partial charge is 0.481 e. The van der Waals surface area contributed by atoms with Crippen LogP contribution in [0.1, 0.15) is 29.9 Å². The molecule has 1 amide bonds. The van der Waals surface area contributed by atoms with Crippen molar-refractivity contribution in [3.63, 3.8) is 0 Å². The molecule has 30 heavy (non-hydrogen) atoms. The van der Waals surface area contributed by atoms with Crippen LogP contribution in [0.3, 0.4) is 0 Å². The average Bonchev–Trinajstić information content (AvgIpc) is 3.10. The van der Waals surface area contributed by atoms with E-state index in [1.807, 2.05) is 24.3 Å². The second-order valence-electron chi connectivity index (χ2n) is 8.42. The van der Waals surface area contributed by atoms with Gasteiger partial charge in [-0.25, -0.2) is 4.79 Å². The highest BCUT2D eigenvalue weighted by atomic mass is 16.6. The first-order valence-corrected chi connectivity index (χ1v) is 10.6. The molecular formula is C24H25NO5. The zero-order valence-corrected chi connectivity index (χ0v) is 16.7. The molecule has 0 radical (unpaired) electrons. The van der Waals surface area contributed by atoms with E-state index in [9.17, 15) is 14.7 Å². The van der Waals surface area contributed by atoms with Gasteiger partial charge in [0.2, 0.25) is 0 Å². The SMILES string of the molecule is O=C(O)C1CC2COCCC2N(C(=O)OCC2c3ccccc3-c3ccccc32)C1. The van der Waals surface area contributed by atoms with Gasteiger partial charge in [0.25, 0.3) is 0 Å². The summed E-state index contributed by atoms with van der Waals surface area (Å²) in [4.78, 5) is 26.3. The molecule has 2 aromatic carbocycles. The minimum atomic E-state index is -0.865. The summed E-state index contributed by atoms with van der Waals surface area (Å²) in [7, 11) is 0. The molecule has 3 aliphatic rings. The topological polar surface area (TPSA) is 76.1 Å². The smallest absolute Gasteiger partial charge is 0.410 e. The number of carboxylic acids is 1. The number of likely N-dealkylation sites (tertiary alicyclic amines) is 1. The van der Waals surface area contributed by atoms with Gasteiger partial charge in [-0.3, -0.25) is 4.79 Å². The molecule has 2 saturated heterocycles. The highest BCUT2D eigenvalue weighted by molar-refractivity contribution is 5.79. The van der Waals surface area contributed by atoms with Crippen LogP contribution in [0, 0.1) is 11.8 Å². The number of benzene rings is 2. The summed E-state index contributed by atoms with van der Waals surface area (Å²) in [6.45, 7) is 1.54. The summed E-state index contributed by atoms with van der Waals surface area (Å²) in [5, 5.41) is 9.53. The van der Waals surface area contributed by atoms with Gasteiger partial charge in [-0.1, -0.05) is 48.5 Å². The average molecular weight is 407 g/mol. The van der Waals surface area contributed by atoms with Crippen molar-refractivity contribution in [2.24, 2.45) is 11.8 Å². The molecule has 0 aromatic heterocycles. The molecule has 0 bridgehead atoms. The normalized spacial score (nSPS) is 25.2. The summed E-state index contributed by atoms with van der Waals surface area (Å²) >= 11 is 0. The van der Waals surface area contributed by atoms with Gasteiger partial charge < -0.3 is 19.5 Å². The van der Waals surface area contributed by atoms with Crippen molar-refractivity contribution < 1.29 is 24.2 Å². The summed E-state index contributed by atoms with van der Waals surface area (Å²) in [5.74, 6) is -1.40. The van der Waals surface area contributed by atoms with Crippen LogP contribution in [0.5, 0.6) is 0 Å². The van der Waals surface area contributed by atoms with E-state index in [0.717, 1.165) is 17.5 Å². The van der Waals surface area contributed by atoms with E-state index in [4.69, 9.17) is 9.47 Å². The van der Waals surface area contributed by atoms with Gasteiger partial charge in [-0.05, 0) is 35.1 Å². The van der Waals surface area contributed by atoms with E-state index in [0.29, 0.717) is 19.6 Å². The fraction of sp³-hybridized carbons (Fsp3) is 0.417. The number of hydrogen-bond donors (Lipinski definition) is 1. The number of carboxylic acid groups (broad SMARTS) is 1. The summed E-state index contributed by atoms with van der Waals surface area (Å²) in [6.07, 6.45) is 0.855. The number of carbonyl (C=O) groups excluding carboxylic acids is 1. The molecule has 1 N–H and O–H groups in total. The zero-order chi connectivity index (χ0) is 20.7. The lowest BCUT2D eigenvalue weighted by atomic mass is 9.81. The molecule has 0 saturated carbocycles. The number of ether oxygens (including phenoxy) is 2. The fourth-order valence-electron chi connectivity index (χ4n) is 5.30. The molecule has 5 rings (SSSR count). The third-order valence-electron chi connectivity index (χ3n) is 6.76. The van der Waals surface area contributed by atoms with Gasteiger partial charge in [-0.2, -0.15) is 0 Å². The number of aliphatic carboxylic acids is 1. The maximum Gasteiger partial charge on any atom is 0.410 e. The van der Waals surface area contributed by atoms with Crippen molar-refractivity contribution in [1.29, 1.82) is 0 Å². The van der Waals surface area contributed by atoms with Gasteiger partial charge >= 0.3 is 12.1 Å². The Hall–Kier alpha value is -2.86. The first kappa shape index (κ1) is 19.1. The Morgan fingerprint density at radius 1 is 1.07 bits per heavy atom. The highest BCUT2D eigenvalue weighted by Gasteiger charge is 2.43. The summed E-state index contributed by atoms with van der Waals surface area (Å²) in [6, 6.07) is 16.4. The first-order chi connectivity index (χ1) is 14.6. The molecule has 6 heteroatoms. The van der Waals surface area contributed by atoms with E-state index in [1.165, 1.54) is 11.1 Å². The van der Waals surface area contributed by atoms with Crippen molar-refractivity contribution in [2.45, 2.75) is 24.8 Å². The van der Waals surface area contributed by atoms with Crippen LogP contribution in [-0.4, -0.2) is 54.5 Å². The second-order valence-corrected chi connectivity index (χ2v) is 8.42. The van der Waals surface area contributed by atoms with Crippen molar-refractivity contribution >= 4 is 12.1 Å². The Balaban J connectivity index is 1.35. The molecule has 6 nitrogen and oxygen atoms in total. The fourth-order valence-corrected chi connectivity index (χ4v) is 5.30. The van der Waals surface area contributed by atoms with Crippen molar-refractivity contribution in [3.05, 3.63) is 59.7 Å². The maximum absolute atomic E-state index is 13.1. The molecule has 2 aliphatic heterocycles. The highest BCUT2D eigenvalue weighted by Crippen LogP contribution is 2.44. The lowest BCUT2D eigenvalue weighted by Gasteiger charge is -2.45. The van der Waals surface area contributed by atoms with Gasteiger partial charge in [0.15, 0.2) is 0 Å². The Morgan fingerprint density at radius 3 is 2.40 bits per heavy atom. The number of amides is 1.